The first-order valence-electron chi connectivity index (χ1n) is 12.7. The maximum Gasteiger partial charge on any atom is 0.225 e. The van der Waals surface area contributed by atoms with E-state index in [4.69, 9.17) is 18.9 Å². The van der Waals surface area contributed by atoms with Crippen molar-refractivity contribution < 1.29 is 28.9 Å². The standard InChI is InChI=1S/C29H38N2O7/c1-28(2)15-19(29(3,4)31(28)34)27(33)30-20-11-9-16-13-23(36-6)25(37-7)26(38-8)24(16)17-10-12-22(35-5)21(32)14-18(17)20/h10,12-14,19-20,34H,9,11,15H2,1-8H3,(H,30,33)/t19-,20+/m1/s1. The van der Waals surface area contributed by atoms with Crippen molar-refractivity contribution in [1.82, 2.24) is 10.4 Å². The number of fused-ring (bicyclic) bond motifs is 3. The summed E-state index contributed by atoms with van der Waals surface area (Å²) in [6.07, 6.45) is 1.62. The molecule has 2 aromatic rings. The Balaban J connectivity index is 1.88. The molecule has 38 heavy (non-hydrogen) atoms. The fourth-order valence-electron chi connectivity index (χ4n) is 6.07. The minimum Gasteiger partial charge on any atom is -0.493 e. The van der Waals surface area contributed by atoms with Crippen LogP contribution >= 0.6 is 0 Å². The van der Waals surface area contributed by atoms with Crippen LogP contribution in [0.25, 0.3) is 11.1 Å². The fraction of sp³-hybridized carbons (Fsp3) is 0.517. The highest BCUT2D eigenvalue weighted by atomic mass is 16.5. The van der Waals surface area contributed by atoms with E-state index in [2.05, 4.69) is 5.32 Å². The Hall–Kier alpha value is -3.30. The molecule has 0 radical (unpaired) electrons. The molecule has 0 unspecified atom stereocenters. The number of carbonyl (C=O) groups excluding carboxylic acids is 1. The number of amides is 1. The maximum absolute atomic E-state index is 13.8. The third kappa shape index (κ3) is 4.47. The summed E-state index contributed by atoms with van der Waals surface area (Å²) in [5.74, 6) is 1.04. The van der Waals surface area contributed by atoms with Crippen molar-refractivity contribution in [3.63, 3.8) is 0 Å². The molecule has 0 aromatic heterocycles. The Morgan fingerprint density at radius 1 is 0.974 bits per heavy atom. The average Bonchev–Trinajstić information content (AvgIpc) is 3.03. The predicted molar refractivity (Wildman–Crippen MR) is 143 cm³/mol. The topological polar surface area (TPSA) is 107 Å². The number of hydrogen-bond acceptors (Lipinski definition) is 8. The highest BCUT2D eigenvalue weighted by molar-refractivity contribution is 5.85. The van der Waals surface area contributed by atoms with Gasteiger partial charge in [-0.3, -0.25) is 9.59 Å². The first kappa shape index (κ1) is 27.7. The SMILES string of the molecule is COc1cc2c(c(OC)c1OC)-c1ccc(OC)c(=O)cc1[C@@H](NC(=O)[C@H]1CC(C)(C)N(O)C1(C)C)CC2. The zero-order valence-corrected chi connectivity index (χ0v) is 23.4. The van der Waals surface area contributed by atoms with Crippen LogP contribution in [0.15, 0.2) is 29.1 Å². The number of rotatable bonds is 6. The van der Waals surface area contributed by atoms with E-state index in [0.717, 1.165) is 16.7 Å². The minimum absolute atomic E-state index is 0.172. The van der Waals surface area contributed by atoms with Crippen molar-refractivity contribution in [3.05, 3.63) is 45.6 Å². The van der Waals surface area contributed by atoms with Crippen LogP contribution in [-0.4, -0.2) is 55.7 Å². The molecule has 2 aliphatic rings. The molecular weight excluding hydrogens is 488 g/mol. The summed E-state index contributed by atoms with van der Waals surface area (Å²) in [6, 6.07) is 6.44. The van der Waals surface area contributed by atoms with E-state index in [1.165, 1.54) is 18.2 Å². The number of carbonyl (C=O) groups is 1. The largest absolute Gasteiger partial charge is 0.493 e. The van der Waals surface area contributed by atoms with Crippen LogP contribution < -0.4 is 29.7 Å². The fourth-order valence-corrected chi connectivity index (χ4v) is 6.07. The predicted octanol–water partition coefficient (Wildman–Crippen LogP) is 4.12. The van der Waals surface area contributed by atoms with E-state index in [1.54, 1.807) is 27.4 Å². The quantitative estimate of drug-likeness (QED) is 0.579. The first-order valence-corrected chi connectivity index (χ1v) is 12.7. The van der Waals surface area contributed by atoms with Gasteiger partial charge in [0, 0.05) is 11.1 Å². The Kier molecular flexibility index (Phi) is 7.38. The zero-order chi connectivity index (χ0) is 28.0. The summed E-state index contributed by atoms with van der Waals surface area (Å²) in [7, 11) is 6.14. The van der Waals surface area contributed by atoms with Gasteiger partial charge in [0.15, 0.2) is 17.2 Å². The van der Waals surface area contributed by atoms with Crippen molar-refractivity contribution in [2.75, 3.05) is 28.4 Å². The van der Waals surface area contributed by atoms with Gasteiger partial charge in [-0.25, -0.2) is 0 Å². The summed E-state index contributed by atoms with van der Waals surface area (Å²) in [5.41, 5.74) is 1.51. The molecule has 9 heteroatoms. The number of nitrogens with zero attached hydrogens (tertiary/aromatic N) is 1. The van der Waals surface area contributed by atoms with Crippen LogP contribution in [0, 0.1) is 5.92 Å². The zero-order valence-electron chi connectivity index (χ0n) is 23.4. The van der Waals surface area contributed by atoms with E-state index in [-0.39, 0.29) is 17.1 Å². The van der Waals surface area contributed by atoms with E-state index >= 15 is 0 Å². The molecule has 1 aliphatic heterocycles. The molecule has 1 amide bonds. The van der Waals surface area contributed by atoms with Gasteiger partial charge in [0.2, 0.25) is 17.1 Å². The number of hydroxylamine groups is 2. The highest BCUT2D eigenvalue weighted by Gasteiger charge is 2.54. The molecule has 2 atom stereocenters. The number of benzene rings is 1. The lowest BCUT2D eigenvalue weighted by molar-refractivity contribution is -0.197. The van der Waals surface area contributed by atoms with E-state index in [0.29, 0.717) is 42.1 Å². The molecule has 1 fully saturated rings. The molecule has 0 bridgehead atoms. The van der Waals surface area contributed by atoms with Gasteiger partial charge >= 0.3 is 0 Å². The smallest absolute Gasteiger partial charge is 0.225 e. The Morgan fingerprint density at radius 3 is 2.18 bits per heavy atom. The molecule has 206 valence electrons. The van der Waals surface area contributed by atoms with Gasteiger partial charge in [-0.1, -0.05) is 6.07 Å². The van der Waals surface area contributed by atoms with Gasteiger partial charge in [0.25, 0.3) is 0 Å². The molecule has 0 saturated carbocycles. The number of methoxy groups -OCH3 is 4. The summed E-state index contributed by atoms with van der Waals surface area (Å²) >= 11 is 0. The van der Waals surface area contributed by atoms with Crippen molar-refractivity contribution in [1.29, 1.82) is 0 Å². The second-order valence-corrected chi connectivity index (χ2v) is 11.1. The van der Waals surface area contributed by atoms with Crippen molar-refractivity contribution >= 4 is 5.91 Å². The molecule has 0 spiro atoms. The Bertz CT molecular complexity index is 1300. The molecule has 2 N–H and O–H groups in total. The summed E-state index contributed by atoms with van der Waals surface area (Å²) in [6.45, 7) is 7.57. The third-order valence-corrected chi connectivity index (χ3v) is 8.03. The van der Waals surface area contributed by atoms with Crippen LogP contribution in [0.3, 0.4) is 0 Å². The van der Waals surface area contributed by atoms with Gasteiger partial charge in [0.1, 0.15) is 0 Å². The van der Waals surface area contributed by atoms with Crippen molar-refractivity contribution in [3.8, 4) is 34.1 Å². The summed E-state index contributed by atoms with van der Waals surface area (Å²) in [5, 5.41) is 15.3. The monoisotopic (exact) mass is 526 g/mol. The molecule has 2 aromatic carbocycles. The van der Waals surface area contributed by atoms with E-state index in [9.17, 15) is 14.8 Å². The van der Waals surface area contributed by atoms with Gasteiger partial charge < -0.3 is 29.5 Å². The Labute approximate surface area is 223 Å². The molecule has 4 rings (SSSR count). The van der Waals surface area contributed by atoms with Crippen molar-refractivity contribution in [2.24, 2.45) is 5.92 Å². The lowest BCUT2D eigenvalue weighted by Crippen LogP contribution is -2.50. The molecule has 1 aliphatic carbocycles. The Morgan fingerprint density at radius 2 is 1.63 bits per heavy atom. The average molecular weight is 527 g/mol. The summed E-state index contributed by atoms with van der Waals surface area (Å²) < 4.78 is 22.4. The lowest BCUT2D eigenvalue weighted by atomic mass is 9.85. The van der Waals surface area contributed by atoms with Gasteiger partial charge in [-0.05, 0) is 81.8 Å². The van der Waals surface area contributed by atoms with Crippen LogP contribution in [-0.2, 0) is 11.2 Å². The molecule has 9 nitrogen and oxygen atoms in total. The maximum atomic E-state index is 13.8. The van der Waals surface area contributed by atoms with Gasteiger partial charge in [-0.15, -0.1) is 0 Å². The highest BCUT2D eigenvalue weighted by Crippen LogP contribution is 2.50. The van der Waals surface area contributed by atoms with Crippen LogP contribution in [0.1, 0.15) is 57.7 Å². The van der Waals surface area contributed by atoms with E-state index in [1.807, 2.05) is 39.8 Å². The molecule has 1 heterocycles. The van der Waals surface area contributed by atoms with Crippen molar-refractivity contribution in [2.45, 2.75) is 64.1 Å². The third-order valence-electron chi connectivity index (χ3n) is 8.03. The first-order chi connectivity index (χ1) is 17.9. The van der Waals surface area contributed by atoms with Gasteiger partial charge in [-0.2, -0.15) is 5.06 Å². The normalized spacial score (nSPS) is 21.5. The second-order valence-electron chi connectivity index (χ2n) is 11.1. The van der Waals surface area contributed by atoms with E-state index < -0.39 is 23.0 Å². The molecular formula is C29H38N2O7. The summed E-state index contributed by atoms with van der Waals surface area (Å²) in [4.78, 5) is 26.8. The van der Waals surface area contributed by atoms with Crippen LogP contribution in [0.4, 0.5) is 0 Å². The number of ether oxygens (including phenoxy) is 4. The lowest BCUT2D eigenvalue weighted by Gasteiger charge is -2.35. The number of nitrogens with one attached hydrogen (secondary N) is 1. The second kappa shape index (κ2) is 10.1. The minimum atomic E-state index is -0.762. The molecule has 1 saturated heterocycles. The van der Waals surface area contributed by atoms with Gasteiger partial charge in [0.05, 0.1) is 45.9 Å². The van der Waals surface area contributed by atoms with Crippen LogP contribution in [0.2, 0.25) is 0 Å². The number of aryl methyl sites for hydroxylation is 1. The van der Waals surface area contributed by atoms with Crippen LogP contribution in [0.5, 0.6) is 23.0 Å². The number of hydrogen-bond donors (Lipinski definition) is 2.